The fraction of sp³-hybridized carbons (Fsp3) is 0.727. The van der Waals surface area contributed by atoms with E-state index in [1.807, 2.05) is 17.9 Å². The first-order valence-corrected chi connectivity index (χ1v) is 5.42. The Morgan fingerprint density at radius 2 is 2.07 bits per heavy atom. The number of nitrogens with one attached hydrogen (secondary N) is 1. The first-order valence-electron chi connectivity index (χ1n) is 5.42. The molecule has 0 fully saturated rings. The topological polar surface area (TPSA) is 29.9 Å². The summed E-state index contributed by atoms with van der Waals surface area (Å²) in [4.78, 5) is 0. The molecule has 14 heavy (non-hydrogen) atoms. The van der Waals surface area contributed by atoms with Crippen molar-refractivity contribution < 1.29 is 0 Å². The van der Waals surface area contributed by atoms with Gasteiger partial charge in [-0.05, 0) is 19.8 Å². The van der Waals surface area contributed by atoms with Gasteiger partial charge in [0.1, 0.15) is 0 Å². The van der Waals surface area contributed by atoms with E-state index in [0.29, 0.717) is 12.1 Å². The Morgan fingerprint density at radius 3 is 2.50 bits per heavy atom. The van der Waals surface area contributed by atoms with Gasteiger partial charge in [-0.25, -0.2) is 0 Å². The number of aryl methyl sites for hydroxylation is 1. The zero-order valence-electron chi connectivity index (χ0n) is 9.62. The molecule has 0 saturated carbocycles. The molecule has 1 atom stereocenters. The molecule has 0 radical (unpaired) electrons. The highest BCUT2D eigenvalue weighted by atomic mass is 15.2. The summed E-state index contributed by atoms with van der Waals surface area (Å²) in [5, 5.41) is 7.77. The third kappa shape index (κ3) is 2.84. The monoisotopic (exact) mass is 195 g/mol. The van der Waals surface area contributed by atoms with E-state index in [1.165, 1.54) is 18.4 Å². The molecule has 1 rings (SSSR count). The molecule has 0 aliphatic carbocycles. The second-order valence-corrected chi connectivity index (χ2v) is 3.85. The lowest BCUT2D eigenvalue weighted by molar-refractivity contribution is 0.432. The summed E-state index contributed by atoms with van der Waals surface area (Å²) in [6.45, 7) is 6.63. The van der Waals surface area contributed by atoms with Gasteiger partial charge in [-0.3, -0.25) is 4.68 Å². The van der Waals surface area contributed by atoms with Gasteiger partial charge in [0.25, 0.3) is 0 Å². The van der Waals surface area contributed by atoms with Crippen molar-refractivity contribution in [3.05, 3.63) is 18.0 Å². The quantitative estimate of drug-likeness (QED) is 0.781. The van der Waals surface area contributed by atoms with Crippen molar-refractivity contribution >= 4 is 0 Å². The van der Waals surface area contributed by atoms with Gasteiger partial charge in [0.05, 0.1) is 6.20 Å². The molecule has 80 valence electrons. The third-order valence-electron chi connectivity index (χ3n) is 2.70. The Labute approximate surface area is 86.5 Å². The van der Waals surface area contributed by atoms with Gasteiger partial charge >= 0.3 is 0 Å². The average Bonchev–Trinajstić information content (AvgIpc) is 2.61. The molecule has 0 spiro atoms. The van der Waals surface area contributed by atoms with Crippen LogP contribution >= 0.6 is 0 Å². The number of nitrogens with zero attached hydrogens (tertiary/aromatic N) is 2. The molecule has 1 aromatic rings. The van der Waals surface area contributed by atoms with Crippen LogP contribution in [0.25, 0.3) is 0 Å². The van der Waals surface area contributed by atoms with Gasteiger partial charge in [-0.2, -0.15) is 5.10 Å². The van der Waals surface area contributed by atoms with Crippen molar-refractivity contribution in [1.29, 1.82) is 0 Å². The standard InChI is InChI=1S/C11H21N3/c1-5-11(6-2)13-9(3)10-7-12-14(4)8-10/h7-9,11,13H,5-6H2,1-4H3. The number of hydrogen-bond acceptors (Lipinski definition) is 2. The Balaban J connectivity index is 2.53. The molecule has 3 nitrogen and oxygen atoms in total. The Kier molecular flexibility index (Phi) is 4.14. The predicted octanol–water partition coefficient (Wildman–Crippen LogP) is 2.26. The van der Waals surface area contributed by atoms with Gasteiger partial charge in [0.2, 0.25) is 0 Å². The summed E-state index contributed by atoms with van der Waals surface area (Å²) in [5.41, 5.74) is 1.26. The van der Waals surface area contributed by atoms with Gasteiger partial charge in [0, 0.05) is 30.9 Å². The van der Waals surface area contributed by atoms with Crippen molar-refractivity contribution in [3.63, 3.8) is 0 Å². The van der Waals surface area contributed by atoms with Crippen LogP contribution in [-0.4, -0.2) is 15.8 Å². The van der Waals surface area contributed by atoms with Gasteiger partial charge in [0.15, 0.2) is 0 Å². The van der Waals surface area contributed by atoms with Crippen LogP contribution in [0, 0.1) is 0 Å². The lowest BCUT2D eigenvalue weighted by atomic mass is 10.1. The second kappa shape index (κ2) is 5.15. The molecule has 1 heterocycles. The second-order valence-electron chi connectivity index (χ2n) is 3.85. The minimum absolute atomic E-state index is 0.397. The zero-order valence-corrected chi connectivity index (χ0v) is 9.62. The van der Waals surface area contributed by atoms with Crippen LogP contribution in [0.1, 0.15) is 45.2 Å². The minimum Gasteiger partial charge on any atom is -0.307 e. The fourth-order valence-corrected chi connectivity index (χ4v) is 1.64. The van der Waals surface area contributed by atoms with Crippen LogP contribution in [0.5, 0.6) is 0 Å². The molecule has 0 aliphatic heterocycles. The summed E-state index contributed by atoms with van der Waals surface area (Å²) in [7, 11) is 1.95. The van der Waals surface area contributed by atoms with Crippen LogP contribution in [-0.2, 0) is 7.05 Å². The maximum Gasteiger partial charge on any atom is 0.0537 e. The zero-order chi connectivity index (χ0) is 10.6. The van der Waals surface area contributed by atoms with E-state index in [1.54, 1.807) is 0 Å². The number of aromatic nitrogens is 2. The number of rotatable bonds is 5. The molecule has 0 bridgehead atoms. The summed E-state index contributed by atoms with van der Waals surface area (Å²) in [6, 6.07) is 1.01. The van der Waals surface area contributed by atoms with Gasteiger partial charge in [-0.1, -0.05) is 13.8 Å². The molecule has 3 heteroatoms. The molecular weight excluding hydrogens is 174 g/mol. The van der Waals surface area contributed by atoms with Crippen molar-refractivity contribution in [2.75, 3.05) is 0 Å². The smallest absolute Gasteiger partial charge is 0.0537 e. The Hall–Kier alpha value is -0.830. The maximum absolute atomic E-state index is 4.17. The molecule has 0 aliphatic rings. The summed E-state index contributed by atoms with van der Waals surface area (Å²) in [5.74, 6) is 0. The first-order chi connectivity index (χ1) is 6.67. The summed E-state index contributed by atoms with van der Waals surface area (Å²) < 4.78 is 1.85. The Morgan fingerprint density at radius 1 is 1.43 bits per heavy atom. The van der Waals surface area contributed by atoms with Crippen LogP contribution in [0.2, 0.25) is 0 Å². The molecule has 0 saturated heterocycles. The highest BCUT2D eigenvalue weighted by Crippen LogP contribution is 2.12. The Bertz CT molecular complexity index is 263. The van der Waals surface area contributed by atoms with Crippen molar-refractivity contribution in [3.8, 4) is 0 Å². The molecule has 1 unspecified atom stereocenters. The van der Waals surface area contributed by atoms with Crippen LogP contribution in [0.3, 0.4) is 0 Å². The predicted molar refractivity (Wildman–Crippen MR) is 59.1 cm³/mol. The maximum atomic E-state index is 4.17. The van der Waals surface area contributed by atoms with Crippen LogP contribution in [0.15, 0.2) is 12.4 Å². The van der Waals surface area contributed by atoms with Gasteiger partial charge in [-0.15, -0.1) is 0 Å². The minimum atomic E-state index is 0.397. The third-order valence-corrected chi connectivity index (χ3v) is 2.70. The lowest BCUT2D eigenvalue weighted by Crippen LogP contribution is -2.30. The molecule has 1 N–H and O–H groups in total. The lowest BCUT2D eigenvalue weighted by Gasteiger charge is -2.19. The van der Waals surface area contributed by atoms with Crippen LogP contribution in [0.4, 0.5) is 0 Å². The summed E-state index contributed by atoms with van der Waals surface area (Å²) in [6.07, 6.45) is 6.36. The number of hydrogen-bond donors (Lipinski definition) is 1. The average molecular weight is 195 g/mol. The normalized spacial score (nSPS) is 13.5. The van der Waals surface area contributed by atoms with Crippen LogP contribution < -0.4 is 5.32 Å². The molecular formula is C11H21N3. The van der Waals surface area contributed by atoms with Gasteiger partial charge < -0.3 is 5.32 Å². The van der Waals surface area contributed by atoms with E-state index >= 15 is 0 Å². The van der Waals surface area contributed by atoms with E-state index in [4.69, 9.17) is 0 Å². The SMILES string of the molecule is CCC(CC)NC(C)c1cnn(C)c1. The fourth-order valence-electron chi connectivity index (χ4n) is 1.64. The molecule has 1 aromatic heterocycles. The molecule has 0 amide bonds. The van der Waals surface area contributed by atoms with E-state index in [-0.39, 0.29) is 0 Å². The highest BCUT2D eigenvalue weighted by Gasteiger charge is 2.11. The van der Waals surface area contributed by atoms with Crippen molar-refractivity contribution in [1.82, 2.24) is 15.1 Å². The van der Waals surface area contributed by atoms with E-state index in [2.05, 4.69) is 37.4 Å². The summed E-state index contributed by atoms with van der Waals surface area (Å²) >= 11 is 0. The van der Waals surface area contributed by atoms with Crippen molar-refractivity contribution in [2.24, 2.45) is 7.05 Å². The van der Waals surface area contributed by atoms with E-state index < -0.39 is 0 Å². The largest absolute Gasteiger partial charge is 0.307 e. The van der Waals surface area contributed by atoms with E-state index in [9.17, 15) is 0 Å². The first kappa shape index (κ1) is 11.2. The molecule has 0 aromatic carbocycles. The van der Waals surface area contributed by atoms with Crippen molar-refractivity contribution in [2.45, 2.75) is 45.7 Å². The highest BCUT2D eigenvalue weighted by molar-refractivity contribution is 5.09. The van der Waals surface area contributed by atoms with E-state index in [0.717, 1.165) is 0 Å².